The Bertz CT molecular complexity index is 685. The molecule has 0 spiro atoms. The summed E-state index contributed by atoms with van der Waals surface area (Å²) in [5.74, 6) is 0.313. The molecule has 136 valence electrons. The van der Waals surface area contributed by atoms with Gasteiger partial charge in [0.05, 0.1) is 16.6 Å². The highest BCUT2D eigenvalue weighted by molar-refractivity contribution is 9.10. The number of hydrogen-bond donors (Lipinski definition) is 1. The van der Waals surface area contributed by atoms with Gasteiger partial charge in [-0.15, -0.1) is 0 Å². The van der Waals surface area contributed by atoms with E-state index in [1.807, 2.05) is 20.8 Å². The van der Waals surface area contributed by atoms with Gasteiger partial charge in [-0.2, -0.15) is 5.26 Å². The van der Waals surface area contributed by atoms with Crippen LogP contribution >= 0.6 is 27.5 Å². The van der Waals surface area contributed by atoms with Gasteiger partial charge in [-0.25, -0.2) is 4.79 Å². The van der Waals surface area contributed by atoms with Gasteiger partial charge >= 0.3 is 6.09 Å². The van der Waals surface area contributed by atoms with Crippen LogP contribution in [0.2, 0.25) is 5.02 Å². The second-order valence-corrected chi connectivity index (χ2v) is 7.92. The van der Waals surface area contributed by atoms with Crippen LogP contribution in [0.15, 0.2) is 16.6 Å². The number of nitrogens with one attached hydrogen (secondary N) is 1. The molecule has 0 saturated carbocycles. The first-order valence-corrected chi connectivity index (χ1v) is 9.11. The molecule has 6 nitrogen and oxygen atoms in total. The summed E-state index contributed by atoms with van der Waals surface area (Å²) in [6, 6.07) is 5.18. The molecule has 0 radical (unpaired) electrons. The summed E-state index contributed by atoms with van der Waals surface area (Å²) in [7, 11) is 0. The van der Waals surface area contributed by atoms with Crippen LogP contribution in [0.3, 0.4) is 0 Å². The molecule has 1 amide bonds. The van der Waals surface area contributed by atoms with Crippen LogP contribution in [0, 0.1) is 11.3 Å². The van der Waals surface area contributed by atoms with Crippen molar-refractivity contribution in [3.63, 3.8) is 0 Å². The van der Waals surface area contributed by atoms with Crippen molar-refractivity contribution in [2.24, 2.45) is 0 Å². The highest BCUT2D eigenvalue weighted by Gasteiger charge is 2.31. The number of benzene rings is 1. The second-order valence-electron chi connectivity index (χ2n) is 6.69. The van der Waals surface area contributed by atoms with Crippen molar-refractivity contribution in [1.29, 1.82) is 5.26 Å². The Morgan fingerprint density at radius 1 is 1.52 bits per heavy atom. The minimum absolute atomic E-state index is 0.205. The lowest BCUT2D eigenvalue weighted by atomic mass is 10.2. The van der Waals surface area contributed by atoms with Crippen molar-refractivity contribution < 1.29 is 14.3 Å². The van der Waals surface area contributed by atoms with Gasteiger partial charge in [0.2, 0.25) is 0 Å². The predicted molar refractivity (Wildman–Crippen MR) is 99.0 cm³/mol. The number of amides is 1. The fraction of sp³-hybridized carbons (Fsp3) is 0.529. The summed E-state index contributed by atoms with van der Waals surface area (Å²) in [6.45, 7) is 7.50. The van der Waals surface area contributed by atoms with Crippen LogP contribution in [0.4, 0.5) is 4.79 Å². The Morgan fingerprint density at radius 2 is 2.24 bits per heavy atom. The molecule has 0 aromatic heterocycles. The molecule has 1 saturated heterocycles. The van der Waals surface area contributed by atoms with Gasteiger partial charge in [0.1, 0.15) is 18.3 Å². The third-order valence-electron chi connectivity index (χ3n) is 3.57. The number of carbonyl (C=O) groups is 1. The summed E-state index contributed by atoms with van der Waals surface area (Å²) < 4.78 is 11.9. The number of piperazine rings is 1. The zero-order valence-corrected chi connectivity index (χ0v) is 16.8. The molecule has 1 N–H and O–H groups in total. The van der Waals surface area contributed by atoms with Crippen molar-refractivity contribution >= 4 is 33.6 Å². The van der Waals surface area contributed by atoms with Crippen LogP contribution in [-0.2, 0) is 4.74 Å². The monoisotopic (exact) mass is 429 g/mol. The number of ether oxygens (including phenoxy) is 2. The molecule has 0 bridgehead atoms. The lowest BCUT2D eigenvalue weighted by molar-refractivity contribution is 0.00631. The molecule has 25 heavy (non-hydrogen) atoms. The quantitative estimate of drug-likeness (QED) is 0.793. The molecule has 1 unspecified atom stereocenters. The zero-order valence-electron chi connectivity index (χ0n) is 14.4. The third kappa shape index (κ3) is 5.24. The van der Waals surface area contributed by atoms with Gasteiger partial charge in [-0.3, -0.25) is 4.90 Å². The molecule has 2 rings (SSSR count). The minimum Gasteiger partial charge on any atom is -0.488 e. The maximum atomic E-state index is 12.4. The van der Waals surface area contributed by atoms with E-state index in [1.165, 1.54) is 0 Å². The van der Waals surface area contributed by atoms with Crippen molar-refractivity contribution in [3.05, 3.63) is 27.2 Å². The van der Waals surface area contributed by atoms with Gasteiger partial charge in [-0.1, -0.05) is 11.6 Å². The highest BCUT2D eigenvalue weighted by Crippen LogP contribution is 2.35. The molecule has 0 aliphatic carbocycles. The first-order chi connectivity index (χ1) is 11.7. The first-order valence-electron chi connectivity index (χ1n) is 7.94. The van der Waals surface area contributed by atoms with E-state index in [2.05, 4.69) is 27.3 Å². The summed E-state index contributed by atoms with van der Waals surface area (Å²) in [5, 5.41) is 12.8. The first kappa shape index (κ1) is 19.8. The van der Waals surface area contributed by atoms with E-state index in [-0.39, 0.29) is 18.7 Å². The van der Waals surface area contributed by atoms with Gasteiger partial charge in [0.15, 0.2) is 5.75 Å². The summed E-state index contributed by atoms with van der Waals surface area (Å²) >= 11 is 9.56. The minimum atomic E-state index is -0.561. The maximum absolute atomic E-state index is 12.4. The van der Waals surface area contributed by atoms with E-state index in [9.17, 15) is 10.1 Å². The molecular weight excluding hydrogens is 410 g/mol. The van der Waals surface area contributed by atoms with E-state index >= 15 is 0 Å². The third-order valence-corrected chi connectivity index (χ3v) is 4.83. The molecule has 1 atom stereocenters. The predicted octanol–water partition coefficient (Wildman–Crippen LogP) is 3.56. The number of halogens is 2. The number of nitriles is 1. The fourth-order valence-electron chi connectivity index (χ4n) is 2.41. The van der Waals surface area contributed by atoms with Gasteiger partial charge in [-0.05, 0) is 48.8 Å². The van der Waals surface area contributed by atoms with Crippen molar-refractivity contribution in [2.75, 3.05) is 26.2 Å². The zero-order chi connectivity index (χ0) is 18.6. The van der Waals surface area contributed by atoms with Gasteiger partial charge in [0.25, 0.3) is 0 Å². The Hall–Kier alpha value is -1.49. The largest absolute Gasteiger partial charge is 0.488 e. The smallest absolute Gasteiger partial charge is 0.410 e. The molecular formula is C17H21BrClN3O3. The van der Waals surface area contributed by atoms with Crippen LogP contribution in [-0.4, -0.2) is 48.9 Å². The summed E-state index contributed by atoms with van der Waals surface area (Å²) in [4.78, 5) is 14.1. The van der Waals surface area contributed by atoms with Crippen molar-refractivity contribution in [3.8, 4) is 11.8 Å². The van der Waals surface area contributed by atoms with Gasteiger partial charge < -0.3 is 14.8 Å². The standard InChI is InChI=1S/C17H21BrClN3O3/c1-17(2,3)25-16(23)22-7-6-21-9-12(22)10-24-15-11(8-20)4-5-13(18)14(15)19/h4-5,12,21H,6-7,9-10H2,1-3H3. The van der Waals surface area contributed by atoms with Crippen LogP contribution < -0.4 is 10.1 Å². The van der Waals surface area contributed by atoms with Crippen molar-refractivity contribution in [1.82, 2.24) is 10.2 Å². The number of rotatable bonds is 3. The molecule has 1 aromatic rings. The average molecular weight is 431 g/mol. The van der Waals surface area contributed by atoms with E-state index in [0.717, 1.165) is 0 Å². The number of nitrogens with zero attached hydrogens (tertiary/aromatic N) is 2. The summed E-state index contributed by atoms with van der Waals surface area (Å²) in [5.41, 5.74) is -0.213. The normalized spacial score (nSPS) is 17.8. The molecule has 8 heteroatoms. The number of hydrogen-bond acceptors (Lipinski definition) is 5. The maximum Gasteiger partial charge on any atom is 0.410 e. The van der Waals surface area contributed by atoms with Gasteiger partial charge in [0, 0.05) is 24.1 Å². The molecule has 1 fully saturated rings. The average Bonchev–Trinajstić information content (AvgIpc) is 2.55. The molecule has 1 heterocycles. The Labute approximate surface area is 161 Å². The SMILES string of the molecule is CC(C)(C)OC(=O)N1CCNCC1COc1c(C#N)ccc(Br)c1Cl. The van der Waals surface area contributed by atoms with Crippen molar-refractivity contribution in [2.45, 2.75) is 32.4 Å². The van der Waals surface area contributed by atoms with E-state index in [1.54, 1.807) is 17.0 Å². The van der Waals surface area contributed by atoms with E-state index < -0.39 is 5.60 Å². The van der Waals surface area contributed by atoms with Crippen LogP contribution in [0.5, 0.6) is 5.75 Å². The Kier molecular flexibility index (Phi) is 6.55. The fourth-order valence-corrected chi connectivity index (χ4v) is 2.94. The van der Waals surface area contributed by atoms with Crippen LogP contribution in [0.25, 0.3) is 0 Å². The molecule has 1 aliphatic rings. The molecule has 1 aromatic carbocycles. The van der Waals surface area contributed by atoms with E-state index in [4.69, 9.17) is 21.1 Å². The number of carbonyl (C=O) groups excluding carboxylic acids is 1. The van der Waals surface area contributed by atoms with E-state index in [0.29, 0.717) is 40.4 Å². The lowest BCUT2D eigenvalue weighted by Crippen LogP contribution is -2.56. The van der Waals surface area contributed by atoms with Crippen LogP contribution in [0.1, 0.15) is 26.3 Å². The second kappa shape index (κ2) is 8.26. The summed E-state index contributed by atoms with van der Waals surface area (Å²) in [6.07, 6.45) is -0.372. The Morgan fingerprint density at radius 3 is 2.88 bits per heavy atom. The Balaban J connectivity index is 2.12. The highest BCUT2D eigenvalue weighted by atomic mass is 79.9. The lowest BCUT2D eigenvalue weighted by Gasteiger charge is -2.37. The topological polar surface area (TPSA) is 74.6 Å². The molecule has 1 aliphatic heterocycles.